The molecule has 4 aromatic rings. The van der Waals surface area contributed by atoms with Crippen LogP contribution in [0.1, 0.15) is 10.4 Å². The van der Waals surface area contributed by atoms with Gasteiger partial charge in [-0.3, -0.25) is 8.98 Å². The molecule has 9 heteroatoms. The van der Waals surface area contributed by atoms with Crippen LogP contribution in [0.15, 0.2) is 71.8 Å². The number of carbonyl (C=O) groups excluding carboxylic acids is 1. The van der Waals surface area contributed by atoms with E-state index in [-0.39, 0.29) is 5.91 Å². The van der Waals surface area contributed by atoms with Gasteiger partial charge in [0.15, 0.2) is 16.7 Å². The molecule has 5 rings (SSSR count). The van der Waals surface area contributed by atoms with Crippen LogP contribution in [0, 0.1) is 0 Å². The zero-order valence-corrected chi connectivity index (χ0v) is 18.9. The molecule has 33 heavy (non-hydrogen) atoms. The number of benzene rings is 2. The van der Waals surface area contributed by atoms with Crippen molar-refractivity contribution >= 4 is 22.6 Å². The minimum Gasteiger partial charge on any atom is -0.336 e. The van der Waals surface area contributed by atoms with Crippen molar-refractivity contribution in [1.29, 1.82) is 0 Å². The SMILES string of the molecule is COS(=O)c1ccc(-c2cnc3ccc(-c4cccc(C(=O)N5CCNCC5)c4)nn23)cc1. The molecule has 1 unspecified atom stereocenters. The summed E-state index contributed by atoms with van der Waals surface area (Å²) in [5, 5.41) is 8.07. The number of nitrogens with zero attached hydrogens (tertiary/aromatic N) is 4. The minimum absolute atomic E-state index is 0.0382. The van der Waals surface area contributed by atoms with Crippen LogP contribution in [0.5, 0.6) is 0 Å². The van der Waals surface area contributed by atoms with Gasteiger partial charge in [0.2, 0.25) is 0 Å². The Bertz CT molecular complexity index is 1330. The standard InChI is InChI=1S/C24H23N5O3S/c1-32-33(31)20-7-5-17(6-8-20)22-16-26-23-10-9-21(27-29(22)23)18-3-2-4-19(15-18)24(30)28-13-11-25-12-14-28/h2-10,15-16,25H,11-14H2,1H3. The van der Waals surface area contributed by atoms with E-state index in [9.17, 15) is 9.00 Å². The molecule has 0 bridgehead atoms. The van der Waals surface area contributed by atoms with E-state index in [1.165, 1.54) is 7.11 Å². The molecule has 0 saturated carbocycles. The van der Waals surface area contributed by atoms with E-state index in [1.807, 2.05) is 53.4 Å². The maximum Gasteiger partial charge on any atom is 0.253 e. The van der Waals surface area contributed by atoms with Crippen molar-refractivity contribution in [3.8, 4) is 22.5 Å². The molecule has 1 atom stereocenters. The minimum atomic E-state index is -1.48. The Kier molecular flexibility index (Phi) is 5.99. The lowest BCUT2D eigenvalue weighted by Crippen LogP contribution is -2.46. The summed E-state index contributed by atoms with van der Waals surface area (Å²) in [6.45, 7) is 3.05. The Hall–Kier alpha value is -3.40. The summed E-state index contributed by atoms with van der Waals surface area (Å²) in [6, 6.07) is 18.7. The number of carbonyl (C=O) groups is 1. The molecule has 0 spiro atoms. The highest BCUT2D eigenvalue weighted by molar-refractivity contribution is 7.80. The summed E-state index contributed by atoms with van der Waals surface area (Å²) in [5.74, 6) is 0.0382. The Balaban J connectivity index is 1.48. The van der Waals surface area contributed by atoms with Crippen LogP contribution in [0.4, 0.5) is 0 Å². The van der Waals surface area contributed by atoms with Gasteiger partial charge in [-0.2, -0.15) is 5.10 Å². The predicted molar refractivity (Wildman–Crippen MR) is 126 cm³/mol. The van der Waals surface area contributed by atoms with E-state index < -0.39 is 11.1 Å². The first-order chi connectivity index (χ1) is 16.1. The van der Waals surface area contributed by atoms with E-state index >= 15 is 0 Å². The quantitative estimate of drug-likeness (QED) is 0.492. The molecule has 2 aromatic heterocycles. The van der Waals surface area contributed by atoms with Crippen LogP contribution < -0.4 is 5.32 Å². The lowest BCUT2D eigenvalue weighted by molar-refractivity contribution is 0.0736. The van der Waals surface area contributed by atoms with Crippen molar-refractivity contribution in [1.82, 2.24) is 24.8 Å². The lowest BCUT2D eigenvalue weighted by Gasteiger charge is -2.27. The summed E-state index contributed by atoms with van der Waals surface area (Å²) >= 11 is -1.48. The van der Waals surface area contributed by atoms with Crippen molar-refractivity contribution in [3.05, 3.63) is 72.4 Å². The van der Waals surface area contributed by atoms with Crippen LogP contribution in [0.2, 0.25) is 0 Å². The molecule has 1 saturated heterocycles. The Morgan fingerprint density at radius 1 is 1.03 bits per heavy atom. The molecule has 3 heterocycles. The molecule has 1 N–H and O–H groups in total. The fourth-order valence-corrected chi connectivity index (χ4v) is 4.47. The van der Waals surface area contributed by atoms with E-state index in [0.29, 0.717) is 29.2 Å². The van der Waals surface area contributed by atoms with E-state index in [1.54, 1.807) is 22.8 Å². The molecule has 0 aliphatic carbocycles. The average molecular weight is 462 g/mol. The number of piperazine rings is 1. The Labute approximate surface area is 193 Å². The second-order valence-corrected chi connectivity index (χ2v) is 8.95. The molecule has 8 nitrogen and oxygen atoms in total. The molecule has 1 aliphatic heterocycles. The summed E-state index contributed by atoms with van der Waals surface area (Å²) in [5.41, 5.74) is 4.69. The highest BCUT2D eigenvalue weighted by atomic mass is 32.2. The highest BCUT2D eigenvalue weighted by Crippen LogP contribution is 2.25. The normalized spacial score (nSPS) is 15.0. The lowest BCUT2D eigenvalue weighted by atomic mass is 10.1. The van der Waals surface area contributed by atoms with Crippen LogP contribution in [0.25, 0.3) is 28.2 Å². The monoisotopic (exact) mass is 461 g/mol. The van der Waals surface area contributed by atoms with Crippen LogP contribution in [0.3, 0.4) is 0 Å². The number of fused-ring (bicyclic) bond motifs is 1. The van der Waals surface area contributed by atoms with E-state index in [0.717, 1.165) is 35.6 Å². The Morgan fingerprint density at radius 3 is 2.58 bits per heavy atom. The van der Waals surface area contributed by atoms with Gasteiger partial charge in [-0.25, -0.2) is 13.7 Å². The second kappa shape index (κ2) is 9.22. The molecule has 1 fully saturated rings. The molecule has 1 amide bonds. The molecule has 2 aromatic carbocycles. The van der Waals surface area contributed by atoms with Gasteiger partial charge < -0.3 is 10.2 Å². The summed E-state index contributed by atoms with van der Waals surface area (Å²) < 4.78 is 18.5. The van der Waals surface area contributed by atoms with Gasteiger partial charge in [0.05, 0.1) is 29.6 Å². The number of hydrogen-bond donors (Lipinski definition) is 1. The molecule has 168 valence electrons. The zero-order chi connectivity index (χ0) is 22.8. The van der Waals surface area contributed by atoms with Crippen molar-refractivity contribution in [3.63, 3.8) is 0 Å². The third-order valence-corrected chi connectivity index (χ3v) is 6.63. The molecular formula is C24H23N5O3S. The molecule has 1 aliphatic rings. The third kappa shape index (κ3) is 4.30. The van der Waals surface area contributed by atoms with Crippen LogP contribution in [-0.2, 0) is 15.3 Å². The fraction of sp³-hybridized carbons (Fsp3) is 0.208. The molecular weight excluding hydrogens is 438 g/mol. The Morgan fingerprint density at radius 2 is 1.82 bits per heavy atom. The maximum atomic E-state index is 12.9. The van der Waals surface area contributed by atoms with Gasteiger partial charge in [-0.15, -0.1) is 0 Å². The molecule has 0 radical (unpaired) electrons. The second-order valence-electron chi connectivity index (χ2n) is 7.68. The van der Waals surface area contributed by atoms with Gasteiger partial charge in [-0.1, -0.05) is 24.3 Å². The van der Waals surface area contributed by atoms with Gasteiger partial charge in [0.25, 0.3) is 5.91 Å². The fourth-order valence-electron chi connectivity index (χ4n) is 3.92. The topological polar surface area (TPSA) is 88.8 Å². The number of amides is 1. The highest BCUT2D eigenvalue weighted by Gasteiger charge is 2.18. The zero-order valence-electron chi connectivity index (χ0n) is 18.1. The largest absolute Gasteiger partial charge is 0.336 e. The van der Waals surface area contributed by atoms with E-state index in [4.69, 9.17) is 9.28 Å². The van der Waals surface area contributed by atoms with Crippen molar-refractivity contribution in [2.75, 3.05) is 33.3 Å². The van der Waals surface area contributed by atoms with Crippen molar-refractivity contribution in [2.24, 2.45) is 0 Å². The number of nitrogens with one attached hydrogen (secondary N) is 1. The summed E-state index contributed by atoms with van der Waals surface area (Å²) in [4.78, 5) is 19.8. The smallest absolute Gasteiger partial charge is 0.253 e. The first-order valence-electron chi connectivity index (χ1n) is 10.7. The number of aromatic nitrogens is 3. The number of imidazole rings is 1. The average Bonchev–Trinajstić information content (AvgIpc) is 3.32. The van der Waals surface area contributed by atoms with E-state index in [2.05, 4.69) is 10.3 Å². The van der Waals surface area contributed by atoms with Crippen LogP contribution in [-0.4, -0.2) is 62.9 Å². The first kappa shape index (κ1) is 21.4. The van der Waals surface area contributed by atoms with Gasteiger partial charge in [0, 0.05) is 42.9 Å². The van der Waals surface area contributed by atoms with Gasteiger partial charge in [0.1, 0.15) is 0 Å². The predicted octanol–water partition coefficient (Wildman–Crippen LogP) is 2.78. The summed E-state index contributed by atoms with van der Waals surface area (Å²) in [6.07, 6.45) is 1.76. The van der Waals surface area contributed by atoms with Gasteiger partial charge in [-0.05, 0) is 36.4 Å². The first-order valence-corrected chi connectivity index (χ1v) is 11.7. The summed E-state index contributed by atoms with van der Waals surface area (Å²) in [7, 11) is 1.41. The van der Waals surface area contributed by atoms with Gasteiger partial charge >= 0.3 is 0 Å². The number of hydrogen-bond acceptors (Lipinski definition) is 6. The third-order valence-electron chi connectivity index (χ3n) is 5.67. The van der Waals surface area contributed by atoms with Crippen molar-refractivity contribution in [2.45, 2.75) is 4.90 Å². The number of rotatable bonds is 5. The maximum absolute atomic E-state index is 12.9. The van der Waals surface area contributed by atoms with Crippen molar-refractivity contribution < 1.29 is 13.2 Å². The van der Waals surface area contributed by atoms with Crippen LogP contribution >= 0.6 is 0 Å².